The minimum atomic E-state index is -0.295. The van der Waals surface area contributed by atoms with Crippen LogP contribution in [0.1, 0.15) is 18.1 Å². The van der Waals surface area contributed by atoms with Gasteiger partial charge in [0.15, 0.2) is 6.61 Å². The molecule has 0 N–H and O–H groups in total. The van der Waals surface area contributed by atoms with E-state index in [1.165, 1.54) is 12.1 Å². The standard InChI is InChI=1S/C18H20FNO2/c1-3-20(12-15-5-4-6-16(19)11-15)18(21)13-22-17-9-7-14(2)8-10-17/h4-11H,3,12-13H2,1-2H3. The Balaban J connectivity index is 1.92. The van der Waals surface area contributed by atoms with Crippen molar-refractivity contribution in [3.8, 4) is 5.75 Å². The number of benzene rings is 2. The van der Waals surface area contributed by atoms with Crippen molar-refractivity contribution in [3.63, 3.8) is 0 Å². The maximum atomic E-state index is 13.2. The molecule has 0 aliphatic rings. The quantitative estimate of drug-likeness (QED) is 0.816. The number of hydrogen-bond donors (Lipinski definition) is 0. The molecule has 116 valence electrons. The average Bonchev–Trinajstić information content (AvgIpc) is 2.52. The van der Waals surface area contributed by atoms with Gasteiger partial charge in [0, 0.05) is 13.1 Å². The molecule has 0 spiro atoms. The van der Waals surface area contributed by atoms with E-state index in [0.717, 1.165) is 11.1 Å². The zero-order valence-corrected chi connectivity index (χ0v) is 12.9. The van der Waals surface area contributed by atoms with Crippen LogP contribution in [0.25, 0.3) is 0 Å². The van der Waals surface area contributed by atoms with Gasteiger partial charge in [0.25, 0.3) is 5.91 Å². The third-order valence-corrected chi connectivity index (χ3v) is 3.38. The third kappa shape index (κ3) is 4.58. The molecule has 0 saturated heterocycles. The van der Waals surface area contributed by atoms with Gasteiger partial charge in [0.2, 0.25) is 0 Å². The van der Waals surface area contributed by atoms with Gasteiger partial charge in [-0.1, -0.05) is 29.8 Å². The van der Waals surface area contributed by atoms with Gasteiger partial charge in [-0.05, 0) is 43.7 Å². The molecule has 0 radical (unpaired) electrons. The van der Waals surface area contributed by atoms with E-state index in [4.69, 9.17) is 4.74 Å². The molecule has 0 bridgehead atoms. The predicted octanol–water partition coefficient (Wildman–Crippen LogP) is 3.56. The van der Waals surface area contributed by atoms with Crippen LogP contribution in [0.3, 0.4) is 0 Å². The van der Waals surface area contributed by atoms with E-state index in [1.807, 2.05) is 38.1 Å². The van der Waals surface area contributed by atoms with Crippen LogP contribution in [0.5, 0.6) is 5.75 Å². The molecule has 0 unspecified atom stereocenters. The highest BCUT2D eigenvalue weighted by Gasteiger charge is 2.13. The molecular formula is C18H20FNO2. The van der Waals surface area contributed by atoms with Crippen molar-refractivity contribution in [1.82, 2.24) is 4.90 Å². The second-order valence-electron chi connectivity index (χ2n) is 5.14. The summed E-state index contributed by atoms with van der Waals surface area (Å²) in [5.74, 6) is 0.255. The minimum Gasteiger partial charge on any atom is -0.484 e. The molecule has 1 amide bonds. The van der Waals surface area contributed by atoms with Crippen molar-refractivity contribution in [2.75, 3.05) is 13.2 Å². The van der Waals surface area contributed by atoms with Crippen LogP contribution in [-0.4, -0.2) is 24.0 Å². The number of ether oxygens (including phenoxy) is 1. The van der Waals surface area contributed by atoms with E-state index in [-0.39, 0.29) is 18.3 Å². The summed E-state index contributed by atoms with van der Waals surface area (Å²) in [6, 6.07) is 13.8. The highest BCUT2D eigenvalue weighted by molar-refractivity contribution is 5.77. The molecule has 0 fully saturated rings. The average molecular weight is 301 g/mol. The smallest absolute Gasteiger partial charge is 0.260 e. The number of carbonyl (C=O) groups excluding carboxylic acids is 1. The van der Waals surface area contributed by atoms with Crippen LogP contribution in [0.15, 0.2) is 48.5 Å². The Labute approximate surface area is 130 Å². The summed E-state index contributed by atoms with van der Waals surface area (Å²) in [5, 5.41) is 0. The Morgan fingerprint density at radius 3 is 2.55 bits per heavy atom. The molecule has 0 atom stereocenters. The zero-order chi connectivity index (χ0) is 15.9. The first-order valence-corrected chi connectivity index (χ1v) is 7.30. The van der Waals surface area contributed by atoms with Gasteiger partial charge in [0.1, 0.15) is 11.6 Å². The van der Waals surface area contributed by atoms with Gasteiger partial charge in [0.05, 0.1) is 0 Å². The summed E-state index contributed by atoms with van der Waals surface area (Å²) in [4.78, 5) is 13.9. The van der Waals surface area contributed by atoms with Gasteiger partial charge < -0.3 is 9.64 Å². The van der Waals surface area contributed by atoms with Crippen molar-refractivity contribution in [3.05, 3.63) is 65.5 Å². The molecule has 0 heterocycles. The maximum Gasteiger partial charge on any atom is 0.260 e. The fraction of sp³-hybridized carbons (Fsp3) is 0.278. The molecule has 22 heavy (non-hydrogen) atoms. The van der Waals surface area contributed by atoms with Crippen LogP contribution in [-0.2, 0) is 11.3 Å². The first-order chi connectivity index (χ1) is 10.6. The number of likely N-dealkylation sites (N-methyl/N-ethyl adjacent to an activating group) is 1. The molecule has 4 heteroatoms. The number of carbonyl (C=O) groups is 1. The SMILES string of the molecule is CCN(Cc1cccc(F)c1)C(=O)COc1ccc(C)cc1. The topological polar surface area (TPSA) is 29.5 Å². The number of aryl methyl sites for hydroxylation is 1. The normalized spacial score (nSPS) is 10.3. The monoisotopic (exact) mass is 301 g/mol. The minimum absolute atomic E-state index is 0.0216. The van der Waals surface area contributed by atoms with Gasteiger partial charge in [-0.15, -0.1) is 0 Å². The van der Waals surface area contributed by atoms with E-state index < -0.39 is 0 Å². The lowest BCUT2D eigenvalue weighted by atomic mass is 10.2. The Bertz CT molecular complexity index is 625. The predicted molar refractivity (Wildman–Crippen MR) is 84.2 cm³/mol. The molecule has 2 rings (SSSR count). The zero-order valence-electron chi connectivity index (χ0n) is 12.9. The maximum absolute atomic E-state index is 13.2. The molecule has 0 aliphatic carbocycles. The highest BCUT2D eigenvalue weighted by atomic mass is 19.1. The Morgan fingerprint density at radius 2 is 1.91 bits per heavy atom. The fourth-order valence-corrected chi connectivity index (χ4v) is 2.10. The van der Waals surface area contributed by atoms with E-state index in [1.54, 1.807) is 17.0 Å². The highest BCUT2D eigenvalue weighted by Crippen LogP contribution is 2.12. The van der Waals surface area contributed by atoms with Gasteiger partial charge in [-0.2, -0.15) is 0 Å². The molecule has 3 nitrogen and oxygen atoms in total. The molecule has 0 aliphatic heterocycles. The first-order valence-electron chi connectivity index (χ1n) is 7.30. The summed E-state index contributed by atoms with van der Waals surface area (Å²) in [7, 11) is 0. The summed E-state index contributed by atoms with van der Waals surface area (Å²) in [6.07, 6.45) is 0. The van der Waals surface area contributed by atoms with E-state index in [0.29, 0.717) is 18.8 Å². The lowest BCUT2D eigenvalue weighted by molar-refractivity contribution is -0.133. The summed E-state index contributed by atoms with van der Waals surface area (Å²) < 4.78 is 18.7. The lowest BCUT2D eigenvalue weighted by Gasteiger charge is -2.21. The summed E-state index contributed by atoms with van der Waals surface area (Å²) >= 11 is 0. The van der Waals surface area contributed by atoms with E-state index >= 15 is 0 Å². The van der Waals surface area contributed by atoms with Crippen molar-refractivity contribution < 1.29 is 13.9 Å². The second-order valence-corrected chi connectivity index (χ2v) is 5.14. The number of hydrogen-bond acceptors (Lipinski definition) is 2. The first kappa shape index (κ1) is 16.0. The molecule has 0 aromatic heterocycles. The van der Waals surface area contributed by atoms with Crippen LogP contribution < -0.4 is 4.74 Å². The van der Waals surface area contributed by atoms with Crippen molar-refractivity contribution in [1.29, 1.82) is 0 Å². The Hall–Kier alpha value is -2.36. The van der Waals surface area contributed by atoms with E-state index in [9.17, 15) is 9.18 Å². The third-order valence-electron chi connectivity index (χ3n) is 3.38. The fourth-order valence-electron chi connectivity index (χ4n) is 2.10. The molecule has 0 saturated carbocycles. The summed E-state index contributed by atoms with van der Waals surface area (Å²) in [5.41, 5.74) is 1.91. The van der Waals surface area contributed by atoms with Crippen molar-refractivity contribution in [2.45, 2.75) is 20.4 Å². The summed E-state index contributed by atoms with van der Waals surface area (Å²) in [6.45, 7) is 4.79. The number of rotatable bonds is 6. The van der Waals surface area contributed by atoms with E-state index in [2.05, 4.69) is 0 Å². The van der Waals surface area contributed by atoms with Crippen molar-refractivity contribution in [2.24, 2.45) is 0 Å². The van der Waals surface area contributed by atoms with Crippen LogP contribution >= 0.6 is 0 Å². The van der Waals surface area contributed by atoms with Gasteiger partial charge in [-0.25, -0.2) is 4.39 Å². The Morgan fingerprint density at radius 1 is 1.18 bits per heavy atom. The Kier molecular flexibility index (Phi) is 5.53. The molecular weight excluding hydrogens is 281 g/mol. The van der Waals surface area contributed by atoms with Crippen LogP contribution in [0.4, 0.5) is 4.39 Å². The van der Waals surface area contributed by atoms with Gasteiger partial charge >= 0.3 is 0 Å². The lowest BCUT2D eigenvalue weighted by Crippen LogP contribution is -2.34. The van der Waals surface area contributed by atoms with Crippen LogP contribution in [0.2, 0.25) is 0 Å². The number of nitrogens with zero attached hydrogens (tertiary/aromatic N) is 1. The molecule has 2 aromatic rings. The number of halogens is 1. The van der Waals surface area contributed by atoms with Crippen LogP contribution in [0, 0.1) is 12.7 Å². The molecule has 2 aromatic carbocycles. The second kappa shape index (κ2) is 7.59. The van der Waals surface area contributed by atoms with Crippen molar-refractivity contribution >= 4 is 5.91 Å². The largest absolute Gasteiger partial charge is 0.484 e. The van der Waals surface area contributed by atoms with Gasteiger partial charge in [-0.3, -0.25) is 4.79 Å². The number of amides is 1.